The molecule has 0 aliphatic rings. The average Bonchev–Trinajstić information content (AvgIpc) is 2.27. The van der Waals surface area contributed by atoms with Gasteiger partial charge in [-0.05, 0) is 12.1 Å². The SMILES string of the molecule is COc1ccc(NC(C)=O)c(OC)c1OC. The van der Waals surface area contributed by atoms with Crippen molar-refractivity contribution in [2.24, 2.45) is 0 Å². The van der Waals surface area contributed by atoms with Crippen molar-refractivity contribution < 1.29 is 19.0 Å². The summed E-state index contributed by atoms with van der Waals surface area (Å²) in [5, 5.41) is 2.65. The van der Waals surface area contributed by atoms with Gasteiger partial charge in [-0.15, -0.1) is 0 Å². The maximum absolute atomic E-state index is 11.0. The molecule has 5 heteroatoms. The Morgan fingerprint density at radius 2 is 1.69 bits per heavy atom. The second-order valence-electron chi connectivity index (χ2n) is 3.06. The summed E-state index contributed by atoms with van der Waals surface area (Å²) in [6.07, 6.45) is 0. The molecule has 0 spiro atoms. The molecule has 1 rings (SSSR count). The second-order valence-corrected chi connectivity index (χ2v) is 3.06. The van der Waals surface area contributed by atoms with E-state index in [1.807, 2.05) is 0 Å². The maximum Gasteiger partial charge on any atom is 0.221 e. The minimum absolute atomic E-state index is 0.175. The molecule has 1 amide bonds. The summed E-state index contributed by atoms with van der Waals surface area (Å²) in [5.41, 5.74) is 0.549. The van der Waals surface area contributed by atoms with Crippen molar-refractivity contribution in [2.45, 2.75) is 6.92 Å². The Morgan fingerprint density at radius 1 is 1.06 bits per heavy atom. The number of carbonyl (C=O) groups excluding carboxylic acids is 1. The summed E-state index contributed by atoms with van der Waals surface area (Å²) in [4.78, 5) is 11.0. The zero-order chi connectivity index (χ0) is 12.1. The molecule has 0 saturated carbocycles. The van der Waals surface area contributed by atoms with Gasteiger partial charge in [0, 0.05) is 6.92 Å². The molecule has 5 nitrogen and oxygen atoms in total. The number of hydrogen-bond acceptors (Lipinski definition) is 4. The van der Waals surface area contributed by atoms with Gasteiger partial charge in [0.2, 0.25) is 11.7 Å². The van der Waals surface area contributed by atoms with Crippen molar-refractivity contribution in [3.8, 4) is 17.2 Å². The lowest BCUT2D eigenvalue weighted by Crippen LogP contribution is -2.08. The fourth-order valence-corrected chi connectivity index (χ4v) is 1.39. The summed E-state index contributed by atoms with van der Waals surface area (Å²) in [5.74, 6) is 1.27. The topological polar surface area (TPSA) is 56.8 Å². The third-order valence-electron chi connectivity index (χ3n) is 2.01. The molecule has 0 aromatic heterocycles. The molecule has 0 heterocycles. The first-order chi connectivity index (χ1) is 7.63. The molecule has 16 heavy (non-hydrogen) atoms. The number of rotatable bonds is 4. The molecule has 1 aromatic rings. The largest absolute Gasteiger partial charge is 0.493 e. The van der Waals surface area contributed by atoms with E-state index in [0.29, 0.717) is 22.9 Å². The zero-order valence-corrected chi connectivity index (χ0v) is 9.79. The quantitative estimate of drug-likeness (QED) is 0.846. The van der Waals surface area contributed by atoms with E-state index in [2.05, 4.69) is 5.32 Å². The van der Waals surface area contributed by atoms with Gasteiger partial charge in [0.15, 0.2) is 11.5 Å². The first kappa shape index (κ1) is 12.2. The molecule has 0 saturated heterocycles. The lowest BCUT2D eigenvalue weighted by molar-refractivity contribution is -0.114. The van der Waals surface area contributed by atoms with E-state index < -0.39 is 0 Å². The summed E-state index contributed by atoms with van der Waals surface area (Å²) in [6, 6.07) is 3.40. The Balaban J connectivity index is 3.25. The predicted octanol–water partition coefficient (Wildman–Crippen LogP) is 1.67. The van der Waals surface area contributed by atoms with Crippen molar-refractivity contribution in [3.63, 3.8) is 0 Å². The third-order valence-corrected chi connectivity index (χ3v) is 2.01. The van der Waals surface area contributed by atoms with Crippen LogP contribution in [0.2, 0.25) is 0 Å². The highest BCUT2D eigenvalue weighted by Gasteiger charge is 2.16. The van der Waals surface area contributed by atoms with Crippen molar-refractivity contribution in [1.82, 2.24) is 0 Å². The Hall–Kier alpha value is -1.91. The number of carbonyl (C=O) groups is 1. The lowest BCUT2D eigenvalue weighted by Gasteiger charge is -2.15. The fourth-order valence-electron chi connectivity index (χ4n) is 1.39. The van der Waals surface area contributed by atoms with Crippen LogP contribution in [0.1, 0.15) is 6.92 Å². The van der Waals surface area contributed by atoms with Gasteiger partial charge in [0.1, 0.15) is 0 Å². The molecular weight excluding hydrogens is 210 g/mol. The summed E-state index contributed by atoms with van der Waals surface area (Å²) >= 11 is 0. The van der Waals surface area contributed by atoms with E-state index in [-0.39, 0.29) is 5.91 Å². The molecule has 1 N–H and O–H groups in total. The first-order valence-electron chi connectivity index (χ1n) is 4.70. The number of nitrogens with one attached hydrogen (secondary N) is 1. The smallest absolute Gasteiger partial charge is 0.221 e. The van der Waals surface area contributed by atoms with E-state index in [4.69, 9.17) is 14.2 Å². The highest BCUT2D eigenvalue weighted by molar-refractivity contribution is 5.91. The minimum Gasteiger partial charge on any atom is -0.493 e. The van der Waals surface area contributed by atoms with Crippen LogP contribution in [0.4, 0.5) is 5.69 Å². The summed E-state index contributed by atoms with van der Waals surface area (Å²) in [6.45, 7) is 1.43. The third kappa shape index (κ3) is 2.36. The molecular formula is C11H15NO4. The van der Waals surface area contributed by atoms with Crippen LogP contribution < -0.4 is 19.5 Å². The Labute approximate surface area is 94.3 Å². The van der Waals surface area contributed by atoms with Gasteiger partial charge in [-0.2, -0.15) is 0 Å². The Morgan fingerprint density at radius 3 is 2.12 bits per heavy atom. The lowest BCUT2D eigenvalue weighted by atomic mass is 10.2. The molecule has 0 unspecified atom stereocenters. The summed E-state index contributed by atoms with van der Waals surface area (Å²) in [7, 11) is 4.55. The number of anilines is 1. The highest BCUT2D eigenvalue weighted by atomic mass is 16.5. The molecule has 0 bridgehead atoms. The number of amides is 1. The van der Waals surface area contributed by atoms with Gasteiger partial charge in [-0.3, -0.25) is 4.79 Å². The Bertz CT molecular complexity index is 390. The second kappa shape index (κ2) is 5.25. The van der Waals surface area contributed by atoms with E-state index in [1.165, 1.54) is 28.3 Å². The van der Waals surface area contributed by atoms with Gasteiger partial charge in [-0.25, -0.2) is 0 Å². The average molecular weight is 225 g/mol. The molecule has 0 aliphatic carbocycles. The van der Waals surface area contributed by atoms with E-state index in [1.54, 1.807) is 12.1 Å². The fraction of sp³-hybridized carbons (Fsp3) is 0.364. The molecule has 1 aromatic carbocycles. The molecule has 0 aliphatic heterocycles. The van der Waals surface area contributed by atoms with Gasteiger partial charge in [-0.1, -0.05) is 0 Å². The predicted molar refractivity (Wildman–Crippen MR) is 60.4 cm³/mol. The molecule has 88 valence electrons. The Kier molecular flexibility index (Phi) is 3.99. The van der Waals surface area contributed by atoms with Crippen molar-refractivity contribution >= 4 is 11.6 Å². The standard InChI is InChI=1S/C11H15NO4/c1-7(13)12-8-5-6-9(14-2)11(16-4)10(8)15-3/h5-6H,1-4H3,(H,12,13). The maximum atomic E-state index is 11.0. The van der Waals surface area contributed by atoms with Crippen LogP contribution >= 0.6 is 0 Å². The van der Waals surface area contributed by atoms with Crippen LogP contribution in [0.25, 0.3) is 0 Å². The van der Waals surface area contributed by atoms with Gasteiger partial charge in [0.25, 0.3) is 0 Å². The van der Waals surface area contributed by atoms with Crippen LogP contribution in [-0.2, 0) is 4.79 Å². The minimum atomic E-state index is -0.175. The highest BCUT2D eigenvalue weighted by Crippen LogP contribution is 2.42. The van der Waals surface area contributed by atoms with Crippen molar-refractivity contribution in [2.75, 3.05) is 26.6 Å². The number of benzene rings is 1. The van der Waals surface area contributed by atoms with E-state index in [9.17, 15) is 4.79 Å². The normalized spacial score (nSPS) is 9.50. The van der Waals surface area contributed by atoms with Crippen LogP contribution in [0.15, 0.2) is 12.1 Å². The van der Waals surface area contributed by atoms with Crippen LogP contribution in [-0.4, -0.2) is 27.2 Å². The molecule has 0 fully saturated rings. The van der Waals surface area contributed by atoms with E-state index >= 15 is 0 Å². The number of methoxy groups -OCH3 is 3. The van der Waals surface area contributed by atoms with Crippen LogP contribution in [0.5, 0.6) is 17.2 Å². The monoisotopic (exact) mass is 225 g/mol. The molecule has 0 radical (unpaired) electrons. The van der Waals surface area contributed by atoms with Gasteiger partial charge < -0.3 is 19.5 Å². The number of ether oxygens (including phenoxy) is 3. The van der Waals surface area contributed by atoms with Crippen LogP contribution in [0.3, 0.4) is 0 Å². The van der Waals surface area contributed by atoms with Crippen molar-refractivity contribution in [3.05, 3.63) is 12.1 Å². The summed E-state index contributed by atoms with van der Waals surface area (Å²) < 4.78 is 15.5. The van der Waals surface area contributed by atoms with Crippen LogP contribution in [0, 0.1) is 0 Å². The first-order valence-corrected chi connectivity index (χ1v) is 4.70. The zero-order valence-electron chi connectivity index (χ0n) is 9.79. The molecule has 0 atom stereocenters. The van der Waals surface area contributed by atoms with Gasteiger partial charge in [0.05, 0.1) is 27.0 Å². The number of hydrogen-bond donors (Lipinski definition) is 1. The van der Waals surface area contributed by atoms with E-state index in [0.717, 1.165) is 0 Å². The van der Waals surface area contributed by atoms with Gasteiger partial charge >= 0.3 is 0 Å². The van der Waals surface area contributed by atoms with Crippen molar-refractivity contribution in [1.29, 1.82) is 0 Å².